The maximum atomic E-state index is 11.8. The van der Waals surface area contributed by atoms with Gasteiger partial charge in [-0.15, -0.1) is 0 Å². The van der Waals surface area contributed by atoms with Crippen molar-refractivity contribution < 1.29 is 19.2 Å². The van der Waals surface area contributed by atoms with Crippen LogP contribution >= 0.6 is 0 Å². The van der Waals surface area contributed by atoms with Gasteiger partial charge in [0.25, 0.3) is 5.91 Å². The SMILES string of the molecule is CC(C)N(CCNC(=O)c1cc(C(=O)O)on1)C(C)C. The molecule has 0 atom stereocenters. The van der Waals surface area contributed by atoms with Crippen molar-refractivity contribution in [3.63, 3.8) is 0 Å². The Labute approximate surface area is 117 Å². The number of carboxylic acids is 1. The maximum absolute atomic E-state index is 11.8. The second-order valence-electron chi connectivity index (χ2n) is 5.06. The van der Waals surface area contributed by atoms with Crippen molar-refractivity contribution >= 4 is 11.9 Å². The highest BCUT2D eigenvalue weighted by atomic mass is 16.5. The highest BCUT2D eigenvalue weighted by molar-refractivity contribution is 5.94. The van der Waals surface area contributed by atoms with E-state index in [1.807, 2.05) is 0 Å². The molecule has 1 heterocycles. The minimum Gasteiger partial charge on any atom is -0.475 e. The van der Waals surface area contributed by atoms with Crippen LogP contribution in [-0.2, 0) is 0 Å². The van der Waals surface area contributed by atoms with Crippen molar-refractivity contribution in [2.75, 3.05) is 13.1 Å². The molecule has 1 amide bonds. The average molecular weight is 283 g/mol. The first kappa shape index (κ1) is 16.2. The predicted molar refractivity (Wildman–Crippen MR) is 72.8 cm³/mol. The molecule has 0 radical (unpaired) electrons. The van der Waals surface area contributed by atoms with Crippen molar-refractivity contribution in [1.29, 1.82) is 0 Å². The third-order valence-corrected chi connectivity index (χ3v) is 2.94. The molecule has 0 bridgehead atoms. The molecule has 0 spiro atoms. The second-order valence-corrected chi connectivity index (χ2v) is 5.06. The molecule has 2 N–H and O–H groups in total. The predicted octanol–water partition coefficient (Wildman–Crippen LogP) is 1.22. The van der Waals surface area contributed by atoms with Gasteiger partial charge < -0.3 is 14.9 Å². The topological polar surface area (TPSA) is 95.7 Å². The van der Waals surface area contributed by atoms with Crippen LogP contribution in [-0.4, -0.2) is 52.2 Å². The van der Waals surface area contributed by atoms with Crippen LogP contribution in [0, 0.1) is 0 Å². The van der Waals surface area contributed by atoms with Crippen LogP contribution in [0.3, 0.4) is 0 Å². The molecule has 1 rings (SSSR count). The van der Waals surface area contributed by atoms with Crippen molar-refractivity contribution in [2.24, 2.45) is 0 Å². The number of nitrogens with zero attached hydrogens (tertiary/aromatic N) is 2. The molecule has 112 valence electrons. The van der Waals surface area contributed by atoms with Gasteiger partial charge in [0.2, 0.25) is 5.76 Å². The summed E-state index contributed by atoms with van der Waals surface area (Å²) in [6.45, 7) is 9.56. The van der Waals surface area contributed by atoms with E-state index >= 15 is 0 Å². The quantitative estimate of drug-likeness (QED) is 0.781. The molecule has 0 saturated heterocycles. The largest absolute Gasteiger partial charge is 0.475 e. The number of hydrogen-bond acceptors (Lipinski definition) is 5. The zero-order valence-electron chi connectivity index (χ0n) is 12.2. The van der Waals surface area contributed by atoms with Crippen molar-refractivity contribution in [2.45, 2.75) is 39.8 Å². The van der Waals surface area contributed by atoms with Crippen LogP contribution in [0.15, 0.2) is 10.6 Å². The van der Waals surface area contributed by atoms with Crippen LogP contribution < -0.4 is 5.32 Å². The lowest BCUT2D eigenvalue weighted by atomic mass is 10.2. The van der Waals surface area contributed by atoms with Gasteiger partial charge in [-0.25, -0.2) is 4.79 Å². The molecular formula is C13H21N3O4. The molecule has 0 aliphatic heterocycles. The average Bonchev–Trinajstić information content (AvgIpc) is 2.82. The van der Waals surface area contributed by atoms with Crippen LogP contribution in [0.1, 0.15) is 48.7 Å². The highest BCUT2D eigenvalue weighted by Gasteiger charge is 2.17. The van der Waals surface area contributed by atoms with Gasteiger partial charge >= 0.3 is 5.97 Å². The molecular weight excluding hydrogens is 262 g/mol. The number of carbonyl (C=O) groups is 2. The molecule has 1 aromatic rings. The summed E-state index contributed by atoms with van der Waals surface area (Å²) in [7, 11) is 0. The lowest BCUT2D eigenvalue weighted by Gasteiger charge is -2.30. The fourth-order valence-electron chi connectivity index (χ4n) is 1.98. The number of aromatic nitrogens is 1. The van der Waals surface area contributed by atoms with Gasteiger partial charge in [0.1, 0.15) is 0 Å². The lowest BCUT2D eigenvalue weighted by molar-refractivity contribution is 0.0651. The van der Waals surface area contributed by atoms with Crippen molar-refractivity contribution in [3.05, 3.63) is 17.5 Å². The van der Waals surface area contributed by atoms with Crippen LogP contribution in [0.4, 0.5) is 0 Å². The first-order chi connectivity index (χ1) is 9.32. The Morgan fingerprint density at radius 2 is 1.95 bits per heavy atom. The number of aromatic carboxylic acids is 1. The number of carboxylic acid groups (broad SMARTS) is 1. The first-order valence-electron chi connectivity index (χ1n) is 6.57. The van der Waals surface area contributed by atoms with E-state index in [4.69, 9.17) is 5.11 Å². The van der Waals surface area contributed by atoms with Crippen LogP contribution in [0.2, 0.25) is 0 Å². The molecule has 0 saturated carbocycles. The standard InChI is InChI=1S/C13H21N3O4/c1-8(2)16(9(3)4)6-5-14-12(17)10-7-11(13(18)19)20-15-10/h7-9H,5-6H2,1-4H3,(H,14,17)(H,18,19). The fourth-order valence-corrected chi connectivity index (χ4v) is 1.98. The Morgan fingerprint density at radius 3 is 2.40 bits per heavy atom. The van der Waals surface area contributed by atoms with Gasteiger partial charge in [0.05, 0.1) is 0 Å². The summed E-state index contributed by atoms with van der Waals surface area (Å²) >= 11 is 0. The summed E-state index contributed by atoms with van der Waals surface area (Å²) < 4.78 is 4.53. The minimum atomic E-state index is -1.25. The van der Waals surface area contributed by atoms with E-state index < -0.39 is 11.9 Å². The highest BCUT2D eigenvalue weighted by Crippen LogP contribution is 2.05. The van der Waals surface area contributed by atoms with Gasteiger partial charge in [-0.3, -0.25) is 9.69 Å². The molecule has 7 nitrogen and oxygen atoms in total. The number of rotatable bonds is 7. The van der Waals surface area contributed by atoms with Gasteiger partial charge in [-0.1, -0.05) is 5.16 Å². The van der Waals surface area contributed by atoms with Crippen LogP contribution in [0.5, 0.6) is 0 Å². The van der Waals surface area contributed by atoms with E-state index in [2.05, 4.69) is 47.6 Å². The van der Waals surface area contributed by atoms with Gasteiger partial charge in [0.15, 0.2) is 5.69 Å². The normalized spacial score (nSPS) is 11.3. The molecule has 0 aromatic carbocycles. The van der Waals surface area contributed by atoms with E-state index in [1.54, 1.807) is 0 Å². The van der Waals surface area contributed by atoms with Crippen LogP contribution in [0.25, 0.3) is 0 Å². The Morgan fingerprint density at radius 1 is 1.35 bits per heavy atom. The number of hydrogen-bond donors (Lipinski definition) is 2. The molecule has 0 aliphatic carbocycles. The molecule has 7 heteroatoms. The minimum absolute atomic E-state index is 0.0250. The zero-order chi connectivity index (χ0) is 15.3. The van der Waals surface area contributed by atoms with Crippen molar-refractivity contribution in [1.82, 2.24) is 15.4 Å². The Balaban J connectivity index is 2.48. The third-order valence-electron chi connectivity index (χ3n) is 2.94. The van der Waals surface area contributed by atoms with Gasteiger partial charge in [0, 0.05) is 31.2 Å². The Bertz CT molecular complexity index is 460. The Kier molecular flexibility index (Phi) is 5.69. The molecule has 1 aromatic heterocycles. The summed E-state index contributed by atoms with van der Waals surface area (Å²) in [5, 5.41) is 14.8. The first-order valence-corrected chi connectivity index (χ1v) is 6.57. The smallest absolute Gasteiger partial charge is 0.374 e. The lowest BCUT2D eigenvalue weighted by Crippen LogP contribution is -2.42. The number of carbonyl (C=O) groups excluding carboxylic acids is 1. The molecule has 0 aliphatic rings. The summed E-state index contributed by atoms with van der Waals surface area (Å²) in [5.74, 6) is -2.03. The van der Waals surface area contributed by atoms with Gasteiger partial charge in [-0.05, 0) is 27.7 Å². The van der Waals surface area contributed by atoms with E-state index in [0.29, 0.717) is 25.2 Å². The Hall–Kier alpha value is -1.89. The van der Waals surface area contributed by atoms with Crippen molar-refractivity contribution in [3.8, 4) is 0 Å². The molecule has 20 heavy (non-hydrogen) atoms. The summed E-state index contributed by atoms with van der Waals surface area (Å²) in [5.41, 5.74) is -0.0250. The summed E-state index contributed by atoms with van der Waals surface area (Å²) in [6, 6.07) is 1.88. The van der Waals surface area contributed by atoms with E-state index in [0.717, 1.165) is 6.07 Å². The maximum Gasteiger partial charge on any atom is 0.374 e. The fraction of sp³-hybridized carbons (Fsp3) is 0.615. The second kappa shape index (κ2) is 7.04. The molecule has 0 unspecified atom stereocenters. The monoisotopic (exact) mass is 283 g/mol. The third kappa shape index (κ3) is 4.34. The van der Waals surface area contributed by atoms with Gasteiger partial charge in [-0.2, -0.15) is 0 Å². The number of amides is 1. The van der Waals surface area contributed by atoms with E-state index in [9.17, 15) is 9.59 Å². The summed E-state index contributed by atoms with van der Waals surface area (Å²) in [4.78, 5) is 24.6. The summed E-state index contributed by atoms with van der Waals surface area (Å²) in [6.07, 6.45) is 0. The van der Waals surface area contributed by atoms with E-state index in [-0.39, 0.29) is 11.5 Å². The molecule has 0 fully saturated rings. The van der Waals surface area contributed by atoms with E-state index in [1.165, 1.54) is 0 Å². The number of nitrogens with one attached hydrogen (secondary N) is 1. The zero-order valence-corrected chi connectivity index (χ0v) is 12.2.